The van der Waals surface area contributed by atoms with Crippen LogP contribution in [0.5, 0.6) is 0 Å². The van der Waals surface area contributed by atoms with Crippen molar-refractivity contribution in [3.8, 4) is 0 Å². The molecule has 0 radical (unpaired) electrons. The molecule has 1 saturated carbocycles. The molecule has 1 aromatic rings. The Balaban J connectivity index is 2.04. The number of thioether (sulfide) groups is 1. The molecule has 1 unspecified atom stereocenters. The zero-order valence-corrected chi connectivity index (χ0v) is 12.3. The highest BCUT2D eigenvalue weighted by Gasteiger charge is 2.16. The van der Waals surface area contributed by atoms with Crippen molar-refractivity contribution >= 4 is 11.8 Å². The summed E-state index contributed by atoms with van der Waals surface area (Å²) in [6.45, 7) is 4.27. The van der Waals surface area contributed by atoms with Gasteiger partial charge in [-0.3, -0.25) is 0 Å². The van der Waals surface area contributed by atoms with Gasteiger partial charge in [0.2, 0.25) is 0 Å². The van der Waals surface area contributed by atoms with Crippen LogP contribution in [-0.4, -0.2) is 10.2 Å². The van der Waals surface area contributed by atoms with Gasteiger partial charge < -0.3 is 5.73 Å². The number of aromatic nitrogens is 1. The molecule has 0 bridgehead atoms. The number of hydrogen-bond acceptors (Lipinski definition) is 3. The van der Waals surface area contributed by atoms with Gasteiger partial charge in [0.15, 0.2) is 0 Å². The molecule has 1 aliphatic carbocycles. The third-order valence-corrected chi connectivity index (χ3v) is 5.21. The summed E-state index contributed by atoms with van der Waals surface area (Å²) in [5, 5.41) is 1.98. The summed E-state index contributed by atoms with van der Waals surface area (Å²) in [6, 6.07) is 2.34. The Morgan fingerprint density at radius 1 is 1.39 bits per heavy atom. The highest BCUT2D eigenvalue weighted by atomic mass is 32.2. The van der Waals surface area contributed by atoms with Crippen LogP contribution in [0.2, 0.25) is 0 Å². The van der Waals surface area contributed by atoms with Crippen molar-refractivity contribution in [3.63, 3.8) is 0 Å². The lowest BCUT2D eigenvalue weighted by Gasteiger charge is -2.21. The summed E-state index contributed by atoms with van der Waals surface area (Å²) in [6.07, 6.45) is 9.81. The highest BCUT2D eigenvalue weighted by Crippen LogP contribution is 2.34. The Bertz CT molecular complexity index is 386. The summed E-state index contributed by atoms with van der Waals surface area (Å²) in [5.74, 6) is 0. The van der Waals surface area contributed by atoms with E-state index in [0.29, 0.717) is 0 Å². The van der Waals surface area contributed by atoms with E-state index in [1.165, 1.54) is 48.3 Å². The topological polar surface area (TPSA) is 38.9 Å². The third kappa shape index (κ3) is 3.48. The average Bonchev–Trinajstić information content (AvgIpc) is 2.41. The maximum Gasteiger partial charge on any atom is 0.0991 e. The molecule has 1 atom stereocenters. The van der Waals surface area contributed by atoms with Crippen LogP contribution in [0, 0.1) is 6.92 Å². The van der Waals surface area contributed by atoms with E-state index in [9.17, 15) is 0 Å². The number of nitrogens with two attached hydrogens (primary N) is 1. The molecule has 0 amide bonds. The lowest BCUT2D eigenvalue weighted by Crippen LogP contribution is -2.11. The first-order valence-electron chi connectivity index (χ1n) is 7.09. The van der Waals surface area contributed by atoms with Gasteiger partial charge in [0.25, 0.3) is 0 Å². The molecule has 0 aromatic carbocycles. The first-order valence-corrected chi connectivity index (χ1v) is 7.97. The first kappa shape index (κ1) is 13.9. The van der Waals surface area contributed by atoms with Crippen LogP contribution in [0.4, 0.5) is 0 Å². The Kier molecular flexibility index (Phi) is 5.07. The summed E-state index contributed by atoms with van der Waals surface area (Å²) < 4.78 is 0. The monoisotopic (exact) mass is 264 g/mol. The van der Waals surface area contributed by atoms with E-state index in [0.717, 1.165) is 11.7 Å². The predicted octanol–water partition coefficient (Wildman–Crippen LogP) is 4.22. The molecule has 1 fully saturated rings. The summed E-state index contributed by atoms with van der Waals surface area (Å²) >= 11 is 1.97. The van der Waals surface area contributed by atoms with Crippen LogP contribution in [-0.2, 0) is 0 Å². The van der Waals surface area contributed by atoms with E-state index < -0.39 is 0 Å². The van der Waals surface area contributed by atoms with Crippen LogP contribution in [0.3, 0.4) is 0 Å². The molecule has 2 rings (SSSR count). The Morgan fingerprint density at radius 3 is 2.72 bits per heavy atom. The number of rotatable bonds is 4. The fourth-order valence-corrected chi connectivity index (χ4v) is 3.73. The second-order valence-corrected chi connectivity index (χ2v) is 6.57. The summed E-state index contributed by atoms with van der Waals surface area (Å²) in [5.41, 5.74) is 8.50. The summed E-state index contributed by atoms with van der Waals surface area (Å²) in [4.78, 5) is 4.62. The molecule has 0 aliphatic heterocycles. The maximum absolute atomic E-state index is 6.05. The van der Waals surface area contributed by atoms with Crippen LogP contribution in [0.25, 0.3) is 0 Å². The zero-order valence-electron chi connectivity index (χ0n) is 11.5. The Labute approximate surface area is 115 Å². The minimum atomic E-state index is 0.130. The van der Waals surface area contributed by atoms with E-state index in [-0.39, 0.29) is 6.04 Å². The molecular formula is C15H24N2S. The van der Waals surface area contributed by atoms with E-state index in [1.807, 2.05) is 18.0 Å². The van der Waals surface area contributed by atoms with E-state index >= 15 is 0 Å². The van der Waals surface area contributed by atoms with Crippen LogP contribution in [0.15, 0.2) is 17.3 Å². The van der Waals surface area contributed by atoms with E-state index in [1.54, 1.807) is 0 Å². The van der Waals surface area contributed by atoms with Crippen molar-refractivity contribution in [1.29, 1.82) is 0 Å². The lowest BCUT2D eigenvalue weighted by molar-refractivity contribution is 0.515. The molecule has 1 aromatic heterocycles. The molecule has 3 heteroatoms. The van der Waals surface area contributed by atoms with Crippen molar-refractivity contribution < 1.29 is 0 Å². The quantitative estimate of drug-likeness (QED) is 0.884. The Hall–Kier alpha value is -0.540. The van der Waals surface area contributed by atoms with Gasteiger partial charge in [-0.2, -0.15) is 0 Å². The lowest BCUT2D eigenvalue weighted by atomic mass is 10.0. The van der Waals surface area contributed by atoms with Crippen molar-refractivity contribution in [2.24, 2.45) is 5.73 Å². The van der Waals surface area contributed by atoms with Crippen molar-refractivity contribution in [3.05, 3.63) is 23.4 Å². The molecule has 1 aliphatic rings. The normalized spacial score (nSPS) is 18.8. The van der Waals surface area contributed by atoms with Gasteiger partial charge in [-0.05, 0) is 37.3 Å². The fourth-order valence-electron chi connectivity index (χ4n) is 2.49. The number of hydrogen-bond donors (Lipinski definition) is 1. The molecule has 18 heavy (non-hydrogen) atoms. The van der Waals surface area contributed by atoms with Gasteiger partial charge in [0, 0.05) is 17.5 Å². The predicted molar refractivity (Wildman–Crippen MR) is 78.9 cm³/mol. The highest BCUT2D eigenvalue weighted by molar-refractivity contribution is 7.99. The smallest absolute Gasteiger partial charge is 0.0991 e. The first-order chi connectivity index (χ1) is 8.70. The third-order valence-electron chi connectivity index (χ3n) is 3.75. The number of pyridine rings is 1. The molecule has 0 spiro atoms. The standard InChI is InChI=1S/C15H24N2S/c1-3-14(16)12-9-11(2)15(17-10-12)18-13-7-5-4-6-8-13/h9-10,13-14H,3-8,16H2,1-2H3. The second kappa shape index (κ2) is 6.58. The van der Waals surface area contributed by atoms with Crippen molar-refractivity contribution in [2.45, 2.75) is 68.7 Å². The van der Waals surface area contributed by atoms with Gasteiger partial charge in [0.05, 0.1) is 5.03 Å². The largest absolute Gasteiger partial charge is 0.324 e. The van der Waals surface area contributed by atoms with Crippen LogP contribution >= 0.6 is 11.8 Å². The van der Waals surface area contributed by atoms with Gasteiger partial charge >= 0.3 is 0 Å². The van der Waals surface area contributed by atoms with Gasteiger partial charge in [-0.15, -0.1) is 11.8 Å². The maximum atomic E-state index is 6.05. The van der Waals surface area contributed by atoms with Crippen molar-refractivity contribution in [1.82, 2.24) is 4.98 Å². The number of nitrogens with zero attached hydrogens (tertiary/aromatic N) is 1. The SMILES string of the molecule is CCC(N)c1cnc(SC2CCCCC2)c(C)c1. The second-order valence-electron chi connectivity index (χ2n) is 5.28. The zero-order chi connectivity index (χ0) is 13.0. The number of aryl methyl sites for hydroxylation is 1. The summed E-state index contributed by atoms with van der Waals surface area (Å²) in [7, 11) is 0. The molecule has 2 N–H and O–H groups in total. The Morgan fingerprint density at radius 2 is 2.11 bits per heavy atom. The molecule has 2 nitrogen and oxygen atoms in total. The van der Waals surface area contributed by atoms with Gasteiger partial charge in [0.1, 0.15) is 0 Å². The fraction of sp³-hybridized carbons (Fsp3) is 0.667. The van der Waals surface area contributed by atoms with Gasteiger partial charge in [-0.1, -0.05) is 32.3 Å². The van der Waals surface area contributed by atoms with Crippen molar-refractivity contribution in [2.75, 3.05) is 0 Å². The molecule has 1 heterocycles. The van der Waals surface area contributed by atoms with E-state index in [4.69, 9.17) is 5.73 Å². The van der Waals surface area contributed by atoms with E-state index in [2.05, 4.69) is 24.9 Å². The minimum absolute atomic E-state index is 0.130. The van der Waals surface area contributed by atoms with Gasteiger partial charge in [-0.25, -0.2) is 4.98 Å². The molecule has 0 saturated heterocycles. The molecular weight excluding hydrogens is 240 g/mol. The average molecular weight is 264 g/mol. The minimum Gasteiger partial charge on any atom is -0.324 e. The molecule has 100 valence electrons. The van der Waals surface area contributed by atoms with Crippen LogP contribution in [0.1, 0.15) is 62.6 Å². The van der Waals surface area contributed by atoms with Crippen LogP contribution < -0.4 is 5.73 Å².